The lowest BCUT2D eigenvalue weighted by Crippen LogP contribution is -1.70. The Morgan fingerprint density at radius 3 is 2.57 bits per heavy atom. The first-order valence-corrected chi connectivity index (χ1v) is 5.47. The molecular weight excluding hydrogens is 176 g/mol. The molecule has 14 heavy (non-hydrogen) atoms. The van der Waals surface area contributed by atoms with Gasteiger partial charge in [0.15, 0.2) is 0 Å². The number of ether oxygens (including phenoxy) is 2. The molecule has 2 aliphatic rings. The van der Waals surface area contributed by atoms with Crippen molar-refractivity contribution in [2.75, 3.05) is 13.2 Å². The van der Waals surface area contributed by atoms with Crippen molar-refractivity contribution in [3.63, 3.8) is 0 Å². The smallest absolute Gasteiger partial charge is 0.145 e. The second-order valence-corrected chi connectivity index (χ2v) is 3.46. The van der Waals surface area contributed by atoms with Crippen LogP contribution in [0.2, 0.25) is 0 Å². The lowest BCUT2D eigenvalue weighted by atomic mass is 10.3. The van der Waals surface area contributed by atoms with Gasteiger partial charge in [-0.25, -0.2) is 0 Å². The fourth-order valence-electron chi connectivity index (χ4n) is 0.919. The Hall–Kier alpha value is -0.760. The maximum atomic E-state index is 4.92. The molecule has 2 saturated heterocycles. The molecule has 1 unspecified atom stereocenters. The topological polar surface area (TPSA) is 25.1 Å². The Balaban J connectivity index is 0.000000140. The molecule has 2 fully saturated rings. The molecule has 2 nitrogen and oxygen atoms in total. The monoisotopic (exact) mass is 196 g/mol. The van der Waals surface area contributed by atoms with Crippen molar-refractivity contribution in [1.82, 2.24) is 0 Å². The van der Waals surface area contributed by atoms with Crippen LogP contribution in [0.15, 0.2) is 24.0 Å². The maximum Gasteiger partial charge on any atom is 0.145 e. The molecule has 0 aromatic heterocycles. The first-order valence-electron chi connectivity index (χ1n) is 5.47. The van der Waals surface area contributed by atoms with Gasteiger partial charge >= 0.3 is 0 Å². The third-order valence-corrected chi connectivity index (χ3v) is 1.92. The molecule has 2 heterocycles. The molecule has 0 saturated carbocycles. The summed E-state index contributed by atoms with van der Waals surface area (Å²) in [5, 5.41) is 0. The third kappa shape index (κ3) is 6.72. The van der Waals surface area contributed by atoms with Gasteiger partial charge in [-0.1, -0.05) is 32.4 Å². The van der Waals surface area contributed by atoms with E-state index in [9.17, 15) is 0 Å². The predicted octanol–water partition coefficient (Wildman–Crippen LogP) is 3.05. The lowest BCUT2D eigenvalue weighted by Gasteiger charge is -1.75. The molecule has 0 bridgehead atoms. The summed E-state index contributed by atoms with van der Waals surface area (Å²) in [5.74, 6) is 1.18. The standard InChI is InChI=1S/2C6H10O/c2*1-2-3-4-6-5-7-6/h4H,2-3,5H2,1H3;3-4,6H,2,5H2,1H3/b6-4-;4-3+. The van der Waals surface area contributed by atoms with Crippen LogP contribution >= 0.6 is 0 Å². The van der Waals surface area contributed by atoms with E-state index in [1.54, 1.807) is 0 Å². The van der Waals surface area contributed by atoms with E-state index in [0.29, 0.717) is 6.10 Å². The summed E-state index contributed by atoms with van der Waals surface area (Å²) in [6.07, 6.45) is 10.4. The minimum atomic E-state index is 0.472. The number of rotatable bonds is 4. The SMILES string of the molecule is CC/C=C/C1CO1.CCC/C=C1/CO1. The zero-order valence-corrected chi connectivity index (χ0v) is 9.16. The molecule has 0 aliphatic carbocycles. The molecule has 0 aromatic rings. The van der Waals surface area contributed by atoms with Crippen LogP contribution < -0.4 is 0 Å². The summed E-state index contributed by atoms with van der Waals surface area (Å²) >= 11 is 0. The van der Waals surface area contributed by atoms with E-state index in [-0.39, 0.29) is 0 Å². The Morgan fingerprint density at radius 2 is 2.14 bits per heavy atom. The lowest BCUT2D eigenvalue weighted by molar-refractivity contribution is 0.440. The van der Waals surface area contributed by atoms with Crippen LogP contribution in [0, 0.1) is 0 Å². The average Bonchev–Trinajstić information content (AvgIpc) is 3.04. The Kier molecular flexibility index (Phi) is 5.38. The van der Waals surface area contributed by atoms with Crippen LogP contribution in [0.25, 0.3) is 0 Å². The molecule has 0 spiro atoms. The molecule has 0 amide bonds. The Labute approximate surface area is 86.6 Å². The van der Waals surface area contributed by atoms with Crippen LogP contribution in [-0.4, -0.2) is 19.3 Å². The van der Waals surface area contributed by atoms with E-state index in [1.807, 2.05) is 0 Å². The van der Waals surface area contributed by atoms with Gasteiger partial charge in [0.2, 0.25) is 0 Å². The first-order chi connectivity index (χ1) is 6.86. The second-order valence-electron chi connectivity index (χ2n) is 3.46. The van der Waals surface area contributed by atoms with Gasteiger partial charge in [-0.15, -0.1) is 0 Å². The van der Waals surface area contributed by atoms with E-state index >= 15 is 0 Å². The summed E-state index contributed by atoms with van der Waals surface area (Å²) in [5.41, 5.74) is 0. The number of epoxide rings is 2. The number of unbranched alkanes of at least 4 members (excludes halogenated alkanes) is 1. The molecule has 1 atom stereocenters. The molecule has 80 valence electrons. The molecule has 2 rings (SSSR count). The third-order valence-electron chi connectivity index (χ3n) is 1.92. The highest BCUT2D eigenvalue weighted by molar-refractivity contribution is 5.03. The van der Waals surface area contributed by atoms with Gasteiger partial charge in [0, 0.05) is 0 Å². The predicted molar refractivity (Wildman–Crippen MR) is 58.1 cm³/mol. The molecule has 2 aliphatic heterocycles. The number of hydrogen-bond donors (Lipinski definition) is 0. The van der Waals surface area contributed by atoms with Gasteiger partial charge in [0.1, 0.15) is 12.4 Å². The highest BCUT2D eigenvalue weighted by atomic mass is 16.6. The van der Waals surface area contributed by atoms with Gasteiger partial charge in [-0.05, 0) is 18.9 Å². The van der Waals surface area contributed by atoms with Crippen LogP contribution in [-0.2, 0) is 9.47 Å². The fraction of sp³-hybridized carbons (Fsp3) is 0.667. The zero-order chi connectivity index (χ0) is 10.2. The van der Waals surface area contributed by atoms with Crippen molar-refractivity contribution in [3.05, 3.63) is 24.0 Å². The minimum absolute atomic E-state index is 0.472. The van der Waals surface area contributed by atoms with Crippen LogP contribution in [0.3, 0.4) is 0 Å². The highest BCUT2D eigenvalue weighted by Crippen LogP contribution is 2.14. The molecular formula is C12H20O2. The maximum absolute atomic E-state index is 4.92. The summed E-state index contributed by atoms with van der Waals surface area (Å²) in [6, 6.07) is 0. The zero-order valence-electron chi connectivity index (χ0n) is 9.16. The van der Waals surface area contributed by atoms with Crippen LogP contribution in [0.5, 0.6) is 0 Å². The fourth-order valence-corrected chi connectivity index (χ4v) is 0.919. The van der Waals surface area contributed by atoms with Crippen molar-refractivity contribution < 1.29 is 9.47 Å². The van der Waals surface area contributed by atoms with Crippen LogP contribution in [0.4, 0.5) is 0 Å². The van der Waals surface area contributed by atoms with Crippen molar-refractivity contribution in [2.45, 2.75) is 39.2 Å². The van der Waals surface area contributed by atoms with Crippen molar-refractivity contribution >= 4 is 0 Å². The normalized spacial score (nSPS) is 25.6. The number of allylic oxidation sites excluding steroid dienone is 2. The summed E-state index contributed by atoms with van der Waals surface area (Å²) < 4.78 is 9.80. The highest BCUT2D eigenvalue weighted by Gasteiger charge is 2.17. The molecule has 0 aromatic carbocycles. The van der Waals surface area contributed by atoms with Crippen molar-refractivity contribution in [3.8, 4) is 0 Å². The number of hydrogen-bond acceptors (Lipinski definition) is 2. The van der Waals surface area contributed by atoms with Crippen molar-refractivity contribution in [1.29, 1.82) is 0 Å². The Morgan fingerprint density at radius 1 is 1.43 bits per heavy atom. The first kappa shape index (κ1) is 11.3. The van der Waals surface area contributed by atoms with E-state index in [0.717, 1.165) is 19.6 Å². The van der Waals surface area contributed by atoms with Crippen molar-refractivity contribution in [2.24, 2.45) is 0 Å². The van der Waals surface area contributed by atoms with Gasteiger partial charge in [0.25, 0.3) is 0 Å². The summed E-state index contributed by atoms with van der Waals surface area (Å²) in [6.45, 7) is 6.12. The molecule has 2 heteroatoms. The molecule has 0 N–H and O–H groups in total. The quantitative estimate of drug-likeness (QED) is 0.510. The van der Waals surface area contributed by atoms with E-state index in [4.69, 9.17) is 9.47 Å². The Bertz CT molecular complexity index is 196. The van der Waals surface area contributed by atoms with Gasteiger partial charge < -0.3 is 9.47 Å². The summed E-state index contributed by atoms with van der Waals surface area (Å²) in [7, 11) is 0. The largest absolute Gasteiger partial charge is 0.487 e. The van der Waals surface area contributed by atoms with E-state index < -0.39 is 0 Å². The van der Waals surface area contributed by atoms with E-state index in [1.165, 1.54) is 18.6 Å². The van der Waals surface area contributed by atoms with Gasteiger partial charge in [-0.3, -0.25) is 0 Å². The molecule has 0 radical (unpaired) electrons. The average molecular weight is 196 g/mol. The van der Waals surface area contributed by atoms with Gasteiger partial charge in [-0.2, -0.15) is 0 Å². The minimum Gasteiger partial charge on any atom is -0.487 e. The van der Waals surface area contributed by atoms with E-state index in [2.05, 4.69) is 32.1 Å². The summed E-state index contributed by atoms with van der Waals surface area (Å²) in [4.78, 5) is 0. The van der Waals surface area contributed by atoms with Gasteiger partial charge in [0.05, 0.1) is 12.7 Å². The second kappa shape index (κ2) is 6.66. The van der Waals surface area contributed by atoms with Crippen LogP contribution in [0.1, 0.15) is 33.1 Å².